The number of benzene rings is 1. The van der Waals surface area contributed by atoms with Crippen LogP contribution in [0.5, 0.6) is 0 Å². The van der Waals surface area contributed by atoms with Gasteiger partial charge in [0, 0.05) is 27.7 Å². The number of carbonyl (C=O) groups is 1. The molecule has 0 fully saturated rings. The van der Waals surface area contributed by atoms with Crippen LogP contribution in [-0.4, -0.2) is 10.9 Å². The maximum Gasteiger partial charge on any atom is 0.259 e. The fourth-order valence-electron chi connectivity index (χ4n) is 1.70. The average molecular weight is 320 g/mol. The molecule has 1 aromatic carbocycles. The lowest BCUT2D eigenvalue weighted by Crippen LogP contribution is -2.15. The van der Waals surface area contributed by atoms with Gasteiger partial charge in [-0.15, -0.1) is 0 Å². The molecule has 2 aromatic rings. The maximum absolute atomic E-state index is 12.2. The number of nitrogens with zero attached hydrogens (tertiary/aromatic N) is 1. The van der Waals surface area contributed by atoms with E-state index >= 15 is 0 Å². The largest absolute Gasteiger partial charge is 0.398 e. The molecular formula is C14H14BrN3O. The topological polar surface area (TPSA) is 68.0 Å². The highest BCUT2D eigenvalue weighted by atomic mass is 79.9. The van der Waals surface area contributed by atoms with Crippen molar-refractivity contribution in [2.75, 3.05) is 11.1 Å². The predicted molar refractivity (Wildman–Crippen MR) is 80.2 cm³/mol. The quantitative estimate of drug-likeness (QED) is 0.892. The van der Waals surface area contributed by atoms with Crippen LogP contribution in [0.1, 0.15) is 21.6 Å². The SMILES string of the molecule is Cc1cc(N)c(C(=O)Nc2cccc(Br)c2C)cn1. The van der Waals surface area contributed by atoms with Crippen molar-refractivity contribution in [2.24, 2.45) is 0 Å². The Morgan fingerprint density at radius 2 is 2.11 bits per heavy atom. The standard InChI is InChI=1S/C14H14BrN3O/c1-8-6-12(16)10(7-17-8)14(19)18-13-5-3-4-11(15)9(13)2/h3-7H,1-2H3,(H2,16,17)(H,18,19). The van der Waals surface area contributed by atoms with Crippen molar-refractivity contribution in [3.8, 4) is 0 Å². The van der Waals surface area contributed by atoms with Gasteiger partial charge in [0.2, 0.25) is 0 Å². The summed E-state index contributed by atoms with van der Waals surface area (Å²) in [5, 5.41) is 2.84. The Balaban J connectivity index is 2.28. The summed E-state index contributed by atoms with van der Waals surface area (Å²) in [5.74, 6) is -0.258. The normalized spacial score (nSPS) is 10.3. The van der Waals surface area contributed by atoms with Crippen molar-refractivity contribution < 1.29 is 4.79 Å². The first-order valence-corrected chi connectivity index (χ1v) is 6.57. The molecule has 19 heavy (non-hydrogen) atoms. The zero-order valence-electron chi connectivity index (χ0n) is 10.7. The number of rotatable bonds is 2. The molecule has 0 unspecified atom stereocenters. The number of pyridine rings is 1. The van der Waals surface area contributed by atoms with E-state index in [1.807, 2.05) is 32.0 Å². The van der Waals surface area contributed by atoms with Gasteiger partial charge in [0.1, 0.15) is 0 Å². The number of nitrogen functional groups attached to an aromatic ring is 1. The Labute approximate surface area is 120 Å². The lowest BCUT2D eigenvalue weighted by atomic mass is 10.1. The van der Waals surface area contributed by atoms with E-state index < -0.39 is 0 Å². The molecule has 1 amide bonds. The minimum atomic E-state index is -0.258. The molecular weight excluding hydrogens is 306 g/mol. The predicted octanol–water partition coefficient (Wildman–Crippen LogP) is 3.30. The summed E-state index contributed by atoms with van der Waals surface area (Å²) in [7, 11) is 0. The zero-order valence-corrected chi connectivity index (χ0v) is 12.3. The number of hydrogen-bond acceptors (Lipinski definition) is 3. The van der Waals surface area contributed by atoms with Crippen LogP contribution in [0.2, 0.25) is 0 Å². The molecule has 4 nitrogen and oxygen atoms in total. The molecule has 0 aliphatic heterocycles. The first-order chi connectivity index (χ1) is 8.99. The number of hydrogen-bond donors (Lipinski definition) is 2. The van der Waals surface area contributed by atoms with E-state index in [-0.39, 0.29) is 5.91 Å². The van der Waals surface area contributed by atoms with Gasteiger partial charge >= 0.3 is 0 Å². The molecule has 0 aliphatic carbocycles. The molecule has 0 aliphatic rings. The second-order valence-electron chi connectivity index (χ2n) is 4.28. The number of nitrogens with two attached hydrogens (primary N) is 1. The van der Waals surface area contributed by atoms with Gasteiger partial charge in [-0.3, -0.25) is 9.78 Å². The van der Waals surface area contributed by atoms with Crippen molar-refractivity contribution >= 4 is 33.2 Å². The number of carbonyl (C=O) groups excluding carboxylic acids is 1. The van der Waals surface area contributed by atoms with E-state index in [0.717, 1.165) is 21.4 Å². The smallest absolute Gasteiger partial charge is 0.259 e. The minimum absolute atomic E-state index is 0.258. The monoisotopic (exact) mass is 319 g/mol. The highest BCUT2D eigenvalue weighted by Gasteiger charge is 2.12. The van der Waals surface area contributed by atoms with Gasteiger partial charge in [0.25, 0.3) is 5.91 Å². The van der Waals surface area contributed by atoms with Gasteiger partial charge in [0.15, 0.2) is 0 Å². The first kappa shape index (κ1) is 13.5. The Morgan fingerprint density at radius 3 is 2.79 bits per heavy atom. The molecule has 2 rings (SSSR count). The van der Waals surface area contributed by atoms with Crippen molar-refractivity contribution in [3.05, 3.63) is 51.8 Å². The number of aromatic nitrogens is 1. The van der Waals surface area contributed by atoms with Gasteiger partial charge in [-0.2, -0.15) is 0 Å². The number of nitrogens with one attached hydrogen (secondary N) is 1. The van der Waals surface area contributed by atoms with E-state index in [0.29, 0.717) is 11.3 Å². The van der Waals surface area contributed by atoms with E-state index in [4.69, 9.17) is 5.73 Å². The fourth-order valence-corrected chi connectivity index (χ4v) is 2.07. The fraction of sp³-hybridized carbons (Fsp3) is 0.143. The van der Waals surface area contributed by atoms with Crippen molar-refractivity contribution in [2.45, 2.75) is 13.8 Å². The second kappa shape index (κ2) is 5.40. The van der Waals surface area contributed by atoms with Crippen molar-refractivity contribution in [1.29, 1.82) is 0 Å². The van der Waals surface area contributed by atoms with Gasteiger partial charge in [-0.05, 0) is 37.6 Å². The van der Waals surface area contributed by atoms with Gasteiger partial charge < -0.3 is 11.1 Å². The lowest BCUT2D eigenvalue weighted by Gasteiger charge is -2.11. The lowest BCUT2D eigenvalue weighted by molar-refractivity contribution is 0.102. The summed E-state index contributed by atoms with van der Waals surface area (Å²) >= 11 is 3.43. The van der Waals surface area contributed by atoms with Crippen LogP contribution in [0.25, 0.3) is 0 Å². The van der Waals surface area contributed by atoms with Crippen molar-refractivity contribution in [1.82, 2.24) is 4.98 Å². The highest BCUT2D eigenvalue weighted by molar-refractivity contribution is 9.10. The summed E-state index contributed by atoms with van der Waals surface area (Å²) in [6, 6.07) is 7.31. The zero-order chi connectivity index (χ0) is 14.0. The molecule has 0 bridgehead atoms. The van der Waals surface area contributed by atoms with Gasteiger partial charge in [-0.1, -0.05) is 22.0 Å². The van der Waals surface area contributed by atoms with Gasteiger partial charge in [-0.25, -0.2) is 0 Å². The average Bonchev–Trinajstić information content (AvgIpc) is 2.34. The van der Waals surface area contributed by atoms with Crippen LogP contribution >= 0.6 is 15.9 Å². The van der Waals surface area contributed by atoms with E-state index in [1.165, 1.54) is 6.20 Å². The molecule has 0 spiro atoms. The molecule has 0 saturated heterocycles. The Morgan fingerprint density at radius 1 is 1.37 bits per heavy atom. The number of amides is 1. The first-order valence-electron chi connectivity index (χ1n) is 5.77. The van der Waals surface area contributed by atoms with Crippen LogP contribution < -0.4 is 11.1 Å². The Hall–Kier alpha value is -1.88. The van der Waals surface area contributed by atoms with Crippen LogP contribution in [-0.2, 0) is 0 Å². The van der Waals surface area contributed by atoms with Crippen LogP contribution in [0.3, 0.4) is 0 Å². The molecule has 98 valence electrons. The minimum Gasteiger partial charge on any atom is -0.398 e. The van der Waals surface area contributed by atoms with E-state index in [9.17, 15) is 4.79 Å². The van der Waals surface area contributed by atoms with Crippen LogP contribution in [0.4, 0.5) is 11.4 Å². The van der Waals surface area contributed by atoms with Crippen LogP contribution in [0, 0.1) is 13.8 Å². The summed E-state index contributed by atoms with van der Waals surface area (Å²) in [6.45, 7) is 3.76. The molecule has 0 radical (unpaired) electrons. The second-order valence-corrected chi connectivity index (χ2v) is 5.13. The summed E-state index contributed by atoms with van der Waals surface area (Å²) in [5.41, 5.74) is 9.14. The summed E-state index contributed by atoms with van der Waals surface area (Å²) in [4.78, 5) is 16.3. The van der Waals surface area contributed by atoms with E-state index in [2.05, 4.69) is 26.2 Å². The third-order valence-corrected chi connectivity index (χ3v) is 3.69. The molecule has 0 saturated carbocycles. The molecule has 1 heterocycles. The third-order valence-electron chi connectivity index (χ3n) is 2.83. The number of anilines is 2. The Bertz CT molecular complexity index is 641. The molecule has 5 heteroatoms. The third kappa shape index (κ3) is 2.93. The summed E-state index contributed by atoms with van der Waals surface area (Å²) in [6.07, 6.45) is 1.49. The maximum atomic E-state index is 12.2. The Kier molecular flexibility index (Phi) is 3.85. The summed E-state index contributed by atoms with van der Waals surface area (Å²) < 4.78 is 0.945. The van der Waals surface area contributed by atoms with Crippen molar-refractivity contribution in [3.63, 3.8) is 0 Å². The number of halogens is 1. The molecule has 0 atom stereocenters. The van der Waals surface area contributed by atoms with Gasteiger partial charge in [0.05, 0.1) is 5.56 Å². The number of aryl methyl sites for hydroxylation is 1. The van der Waals surface area contributed by atoms with E-state index in [1.54, 1.807) is 6.07 Å². The van der Waals surface area contributed by atoms with Crippen LogP contribution in [0.15, 0.2) is 34.9 Å². The highest BCUT2D eigenvalue weighted by Crippen LogP contribution is 2.24. The molecule has 3 N–H and O–H groups in total. The molecule has 1 aromatic heterocycles.